The molecule has 2 saturated heterocycles. The highest BCUT2D eigenvalue weighted by molar-refractivity contribution is 5.93. The number of halogens is 6. The molecule has 2 aromatic rings. The smallest absolute Gasteiger partial charge is 0.432 e. The van der Waals surface area contributed by atoms with E-state index >= 15 is 0 Å². The fourth-order valence-corrected chi connectivity index (χ4v) is 4.45. The van der Waals surface area contributed by atoms with Crippen molar-refractivity contribution in [1.82, 2.24) is 14.8 Å². The summed E-state index contributed by atoms with van der Waals surface area (Å²) >= 11 is 0. The maximum Gasteiger partial charge on any atom is 0.434 e. The molecule has 2 aliphatic heterocycles. The molecule has 2 fully saturated rings. The van der Waals surface area contributed by atoms with Crippen LogP contribution in [0.25, 0.3) is 11.1 Å². The zero-order chi connectivity index (χ0) is 24.0. The summed E-state index contributed by atoms with van der Waals surface area (Å²) in [5.74, 6) is -0.550. The second-order valence-electron chi connectivity index (χ2n) is 8.11. The third kappa shape index (κ3) is 4.44. The normalized spacial score (nSPS) is 19.0. The topological polar surface area (TPSA) is 75.9 Å². The van der Waals surface area contributed by atoms with Gasteiger partial charge in [0, 0.05) is 25.2 Å². The fourth-order valence-electron chi connectivity index (χ4n) is 4.45. The second-order valence-corrected chi connectivity index (χ2v) is 8.11. The SMILES string of the molecule is O=C(OC(C(F)(F)F)C(F)(F)F)N1CCC2(CCCN2C(=O)c2nc3ccccc3o2)CC1. The van der Waals surface area contributed by atoms with E-state index < -0.39 is 36.0 Å². The van der Waals surface area contributed by atoms with Gasteiger partial charge in [-0.05, 0) is 37.8 Å². The number of carbonyl (C=O) groups is 2. The van der Waals surface area contributed by atoms with Crippen LogP contribution in [0.3, 0.4) is 0 Å². The standard InChI is InChI=1S/C20H19F6N3O4/c21-19(22,23)16(20(24,25)26)33-17(31)28-10-7-18(8-11-28)6-3-9-29(18)15(30)14-27-12-4-1-2-5-13(12)32-14/h1-2,4-5,16H,3,6-11H2. The number of aromatic nitrogens is 1. The highest BCUT2D eigenvalue weighted by Gasteiger charge is 2.60. The summed E-state index contributed by atoms with van der Waals surface area (Å²) in [6, 6.07) is 6.83. The highest BCUT2D eigenvalue weighted by atomic mass is 19.4. The fraction of sp³-hybridized carbons (Fsp3) is 0.550. The minimum absolute atomic E-state index is 0.0995. The lowest BCUT2D eigenvalue weighted by atomic mass is 9.85. The zero-order valence-corrected chi connectivity index (χ0v) is 17.1. The summed E-state index contributed by atoms with van der Waals surface area (Å²) in [6.07, 6.45) is -15.9. The molecule has 0 saturated carbocycles. The van der Waals surface area contributed by atoms with Gasteiger partial charge in [-0.15, -0.1) is 0 Å². The van der Waals surface area contributed by atoms with Crippen molar-refractivity contribution < 1.29 is 45.1 Å². The van der Waals surface area contributed by atoms with E-state index in [1.54, 1.807) is 29.2 Å². The largest absolute Gasteiger partial charge is 0.434 e. The van der Waals surface area contributed by atoms with Gasteiger partial charge < -0.3 is 19.0 Å². The maximum absolute atomic E-state index is 13.1. The summed E-state index contributed by atoms with van der Waals surface area (Å²) in [6.45, 7) is 0.0867. The van der Waals surface area contributed by atoms with Gasteiger partial charge in [-0.2, -0.15) is 26.3 Å². The minimum Gasteiger partial charge on any atom is -0.432 e. The number of fused-ring (bicyclic) bond motifs is 1. The molecule has 0 atom stereocenters. The molecule has 0 aliphatic carbocycles. The molecule has 0 N–H and O–H groups in total. The summed E-state index contributed by atoms with van der Waals surface area (Å²) in [4.78, 5) is 31.7. The van der Waals surface area contributed by atoms with E-state index in [4.69, 9.17) is 4.42 Å². The van der Waals surface area contributed by atoms with Crippen LogP contribution in [0.2, 0.25) is 0 Å². The van der Waals surface area contributed by atoms with E-state index in [1.807, 2.05) is 0 Å². The van der Waals surface area contributed by atoms with E-state index in [9.17, 15) is 35.9 Å². The third-order valence-corrected chi connectivity index (χ3v) is 6.08. The van der Waals surface area contributed by atoms with E-state index in [0.29, 0.717) is 30.5 Å². The maximum atomic E-state index is 13.1. The number of hydrogen-bond donors (Lipinski definition) is 0. The van der Waals surface area contributed by atoms with Gasteiger partial charge in [-0.25, -0.2) is 9.78 Å². The van der Waals surface area contributed by atoms with E-state index in [-0.39, 0.29) is 31.8 Å². The number of ether oxygens (including phenoxy) is 1. The monoisotopic (exact) mass is 479 g/mol. The first-order valence-corrected chi connectivity index (χ1v) is 10.2. The summed E-state index contributed by atoms with van der Waals surface area (Å²) in [7, 11) is 0. The van der Waals surface area contributed by atoms with Crippen LogP contribution in [0.1, 0.15) is 36.4 Å². The molecule has 13 heteroatoms. The molecule has 1 spiro atoms. The number of likely N-dealkylation sites (tertiary alicyclic amines) is 2. The van der Waals surface area contributed by atoms with Crippen LogP contribution in [0.5, 0.6) is 0 Å². The van der Waals surface area contributed by atoms with Crippen molar-refractivity contribution in [1.29, 1.82) is 0 Å². The van der Waals surface area contributed by atoms with E-state index in [1.165, 1.54) is 0 Å². The second kappa shape index (κ2) is 8.10. The predicted molar refractivity (Wildman–Crippen MR) is 100 cm³/mol. The summed E-state index contributed by atoms with van der Waals surface area (Å²) < 4.78 is 85.4. The van der Waals surface area contributed by atoms with Crippen LogP contribution >= 0.6 is 0 Å². The Morgan fingerprint density at radius 2 is 1.64 bits per heavy atom. The van der Waals surface area contributed by atoms with Gasteiger partial charge in [-0.1, -0.05) is 12.1 Å². The van der Waals surface area contributed by atoms with E-state index in [2.05, 4.69) is 9.72 Å². The van der Waals surface area contributed by atoms with E-state index in [0.717, 1.165) is 4.90 Å². The first-order chi connectivity index (χ1) is 15.4. The number of hydrogen-bond acceptors (Lipinski definition) is 5. The molecule has 0 radical (unpaired) electrons. The molecule has 2 amide bonds. The van der Waals surface area contributed by atoms with Gasteiger partial charge in [0.15, 0.2) is 5.58 Å². The Balaban J connectivity index is 1.44. The molecule has 33 heavy (non-hydrogen) atoms. The van der Waals surface area contributed by atoms with Gasteiger partial charge in [0.05, 0.1) is 0 Å². The number of carbonyl (C=O) groups excluding carboxylic acids is 2. The quantitative estimate of drug-likeness (QED) is 0.592. The molecule has 180 valence electrons. The average Bonchev–Trinajstić information content (AvgIpc) is 3.34. The predicted octanol–water partition coefficient (Wildman–Crippen LogP) is 4.53. The average molecular weight is 479 g/mol. The molecule has 3 heterocycles. The number of amides is 2. The van der Waals surface area contributed by atoms with Crippen molar-refractivity contribution in [3.63, 3.8) is 0 Å². The molecule has 4 rings (SSSR count). The van der Waals surface area contributed by atoms with Crippen LogP contribution in [0.15, 0.2) is 28.7 Å². The zero-order valence-electron chi connectivity index (χ0n) is 17.1. The molecule has 2 aliphatic rings. The van der Waals surface area contributed by atoms with Crippen molar-refractivity contribution in [3.8, 4) is 0 Å². The van der Waals surface area contributed by atoms with Crippen molar-refractivity contribution in [2.24, 2.45) is 0 Å². The molecule has 1 aromatic carbocycles. The van der Waals surface area contributed by atoms with Crippen LogP contribution in [0, 0.1) is 0 Å². The summed E-state index contributed by atoms with van der Waals surface area (Å²) in [5, 5.41) is 0. The number of rotatable bonds is 2. The molecule has 1 aromatic heterocycles. The first kappa shape index (κ1) is 23.2. The minimum atomic E-state index is -5.78. The van der Waals surface area contributed by atoms with Gasteiger partial charge >= 0.3 is 24.4 Å². The third-order valence-electron chi connectivity index (χ3n) is 6.08. The Bertz CT molecular complexity index is 995. The number of alkyl halides is 6. The molecule has 7 nitrogen and oxygen atoms in total. The lowest BCUT2D eigenvalue weighted by Gasteiger charge is -2.44. The molecule has 0 unspecified atom stereocenters. The number of para-hydroxylation sites is 2. The Labute approximate surface area is 183 Å². The molecular weight excluding hydrogens is 460 g/mol. The van der Waals surface area contributed by atoms with Crippen LogP contribution in [-0.4, -0.2) is 70.4 Å². The van der Waals surface area contributed by atoms with Gasteiger partial charge in [0.25, 0.3) is 12.0 Å². The van der Waals surface area contributed by atoms with Crippen LogP contribution in [0.4, 0.5) is 31.1 Å². The highest BCUT2D eigenvalue weighted by Crippen LogP contribution is 2.40. The van der Waals surface area contributed by atoms with Gasteiger partial charge in [0.2, 0.25) is 0 Å². The van der Waals surface area contributed by atoms with Crippen molar-refractivity contribution >= 4 is 23.1 Å². The molecule has 0 bridgehead atoms. The number of benzene rings is 1. The Hall–Kier alpha value is -2.99. The lowest BCUT2D eigenvalue weighted by Crippen LogP contribution is -2.56. The first-order valence-electron chi connectivity index (χ1n) is 10.2. The van der Waals surface area contributed by atoms with Crippen molar-refractivity contribution in [3.05, 3.63) is 30.2 Å². The number of piperidine rings is 1. The van der Waals surface area contributed by atoms with Gasteiger partial charge in [-0.3, -0.25) is 4.79 Å². The Kier molecular flexibility index (Phi) is 5.69. The Morgan fingerprint density at radius 3 is 2.24 bits per heavy atom. The lowest BCUT2D eigenvalue weighted by molar-refractivity contribution is -0.308. The molecular formula is C20H19F6N3O4. The number of nitrogens with zero attached hydrogens (tertiary/aromatic N) is 3. The number of oxazole rings is 1. The van der Waals surface area contributed by atoms with Crippen molar-refractivity contribution in [2.45, 2.75) is 49.7 Å². The van der Waals surface area contributed by atoms with Crippen molar-refractivity contribution in [2.75, 3.05) is 19.6 Å². The van der Waals surface area contributed by atoms with Gasteiger partial charge in [0.1, 0.15) is 5.52 Å². The van der Waals surface area contributed by atoms with Crippen LogP contribution in [-0.2, 0) is 4.74 Å². The van der Waals surface area contributed by atoms with Crippen LogP contribution < -0.4 is 0 Å². The Morgan fingerprint density at radius 1 is 1.00 bits per heavy atom. The summed E-state index contributed by atoms with van der Waals surface area (Å²) in [5.41, 5.74) is 0.258.